The Morgan fingerprint density at radius 2 is 1.39 bits per heavy atom. The van der Waals surface area contributed by atoms with E-state index in [1.807, 2.05) is 75.4 Å². The molecule has 3 amide bonds. The van der Waals surface area contributed by atoms with Crippen LogP contribution in [0, 0.1) is 0 Å². The van der Waals surface area contributed by atoms with Gasteiger partial charge in [-0.05, 0) is 53.4 Å². The summed E-state index contributed by atoms with van der Waals surface area (Å²) in [5, 5.41) is 19.0. The molecule has 10 heteroatoms. The number of amides is 3. The number of nitrogens with one attached hydrogen (secondary N) is 3. The molecule has 0 aliphatic heterocycles. The van der Waals surface area contributed by atoms with E-state index in [9.17, 15) is 14.7 Å². The number of carbonyl (C=O) groups is 2. The molecule has 1 heterocycles. The van der Waals surface area contributed by atoms with E-state index in [0.29, 0.717) is 34.5 Å². The van der Waals surface area contributed by atoms with Crippen LogP contribution in [0.25, 0.3) is 10.8 Å². The Hall–Kier alpha value is -5.77. The molecule has 5 rings (SSSR count). The molecule has 0 spiro atoms. The molecule has 44 heavy (non-hydrogen) atoms. The molecule has 0 saturated heterocycles. The maximum Gasteiger partial charge on any atom is 0.409 e. The summed E-state index contributed by atoms with van der Waals surface area (Å²) in [5.74, 6) is 2.35. The SMILES string of the molecule is COc1c(NC(=O)O)cc(C(C)(C)C)cc1NC(=O)Nc1ccc(Oc2ccnc(Oc3ccccc3)c2)c2ccccc12. The van der Waals surface area contributed by atoms with Crippen LogP contribution in [0.2, 0.25) is 0 Å². The van der Waals surface area contributed by atoms with E-state index in [2.05, 4.69) is 20.9 Å². The molecule has 0 atom stereocenters. The lowest BCUT2D eigenvalue weighted by molar-refractivity contribution is 0.209. The summed E-state index contributed by atoms with van der Waals surface area (Å²) < 4.78 is 17.5. The van der Waals surface area contributed by atoms with Gasteiger partial charge in [-0.25, -0.2) is 14.6 Å². The number of hydrogen-bond acceptors (Lipinski definition) is 6. The lowest BCUT2D eigenvalue weighted by Gasteiger charge is -2.23. The topological polar surface area (TPSA) is 131 Å². The van der Waals surface area contributed by atoms with Gasteiger partial charge in [0.1, 0.15) is 17.2 Å². The first kappa shape index (κ1) is 29.7. The first-order chi connectivity index (χ1) is 21.1. The predicted molar refractivity (Wildman–Crippen MR) is 171 cm³/mol. The fourth-order valence-electron chi connectivity index (χ4n) is 4.57. The first-order valence-electron chi connectivity index (χ1n) is 13.8. The predicted octanol–water partition coefficient (Wildman–Crippen LogP) is 8.86. The van der Waals surface area contributed by atoms with E-state index in [1.165, 1.54) is 7.11 Å². The minimum absolute atomic E-state index is 0.192. The molecule has 0 radical (unpaired) electrons. The minimum Gasteiger partial charge on any atom is -0.492 e. The highest BCUT2D eigenvalue weighted by atomic mass is 16.5. The second-order valence-electron chi connectivity index (χ2n) is 10.9. The molecule has 0 aliphatic rings. The van der Waals surface area contributed by atoms with E-state index in [0.717, 1.165) is 16.3 Å². The summed E-state index contributed by atoms with van der Waals surface area (Å²) in [4.78, 5) is 29.0. The Balaban J connectivity index is 1.39. The molecule has 0 fully saturated rings. The number of anilines is 3. The maximum absolute atomic E-state index is 13.3. The number of carboxylic acid groups (broad SMARTS) is 1. The van der Waals surface area contributed by atoms with Gasteiger partial charge in [-0.3, -0.25) is 5.32 Å². The number of ether oxygens (including phenoxy) is 3. The normalized spacial score (nSPS) is 11.0. The monoisotopic (exact) mass is 592 g/mol. The molecule has 224 valence electrons. The van der Waals surface area contributed by atoms with Crippen molar-refractivity contribution >= 4 is 40.0 Å². The number of methoxy groups -OCH3 is 1. The van der Waals surface area contributed by atoms with Gasteiger partial charge in [0.2, 0.25) is 5.88 Å². The number of pyridine rings is 1. The van der Waals surface area contributed by atoms with Gasteiger partial charge in [-0.15, -0.1) is 0 Å². The van der Waals surface area contributed by atoms with Crippen LogP contribution in [-0.2, 0) is 5.41 Å². The van der Waals surface area contributed by atoms with Crippen molar-refractivity contribution in [3.05, 3.63) is 103 Å². The minimum atomic E-state index is -1.25. The van der Waals surface area contributed by atoms with Crippen LogP contribution in [0.5, 0.6) is 28.9 Å². The van der Waals surface area contributed by atoms with Gasteiger partial charge in [-0.2, -0.15) is 0 Å². The molecule has 0 aliphatic carbocycles. The summed E-state index contributed by atoms with van der Waals surface area (Å²) >= 11 is 0. The second kappa shape index (κ2) is 12.6. The summed E-state index contributed by atoms with van der Waals surface area (Å²) in [6, 6.07) is 26.8. The third kappa shape index (κ3) is 6.99. The van der Waals surface area contributed by atoms with Crippen molar-refractivity contribution in [3.8, 4) is 28.9 Å². The van der Waals surface area contributed by atoms with Crippen molar-refractivity contribution in [2.75, 3.05) is 23.1 Å². The number of urea groups is 1. The fourth-order valence-corrected chi connectivity index (χ4v) is 4.57. The quantitative estimate of drug-likeness (QED) is 0.142. The first-order valence-corrected chi connectivity index (χ1v) is 13.8. The Kier molecular flexibility index (Phi) is 8.52. The van der Waals surface area contributed by atoms with Crippen LogP contribution in [0.15, 0.2) is 97.2 Å². The van der Waals surface area contributed by atoms with Gasteiger partial charge < -0.3 is 30.0 Å². The zero-order chi connectivity index (χ0) is 31.3. The Labute approximate surface area is 254 Å². The third-order valence-electron chi connectivity index (χ3n) is 6.68. The fraction of sp³-hybridized carbons (Fsp3) is 0.147. The van der Waals surface area contributed by atoms with Crippen LogP contribution in [0.1, 0.15) is 26.3 Å². The van der Waals surface area contributed by atoms with Crippen molar-refractivity contribution in [2.45, 2.75) is 26.2 Å². The molecular formula is C34H32N4O6. The largest absolute Gasteiger partial charge is 0.492 e. The van der Waals surface area contributed by atoms with E-state index in [-0.39, 0.29) is 16.9 Å². The summed E-state index contributed by atoms with van der Waals surface area (Å²) in [6.45, 7) is 5.96. The molecule has 0 unspecified atom stereocenters. The lowest BCUT2D eigenvalue weighted by atomic mass is 9.86. The van der Waals surface area contributed by atoms with Crippen LogP contribution < -0.4 is 30.2 Å². The van der Waals surface area contributed by atoms with Crippen LogP contribution in [-0.4, -0.2) is 29.3 Å². The smallest absolute Gasteiger partial charge is 0.409 e. The zero-order valence-electron chi connectivity index (χ0n) is 24.7. The van der Waals surface area contributed by atoms with E-state index in [1.54, 1.807) is 42.6 Å². The Bertz CT molecular complexity index is 1820. The van der Waals surface area contributed by atoms with Crippen molar-refractivity contribution in [3.63, 3.8) is 0 Å². The number of para-hydroxylation sites is 1. The molecule has 4 aromatic carbocycles. The second-order valence-corrected chi connectivity index (χ2v) is 10.9. The van der Waals surface area contributed by atoms with Crippen LogP contribution in [0.3, 0.4) is 0 Å². The number of rotatable bonds is 8. The molecule has 0 bridgehead atoms. The third-order valence-corrected chi connectivity index (χ3v) is 6.68. The average Bonchev–Trinajstić information content (AvgIpc) is 2.98. The number of carbonyl (C=O) groups excluding carboxylic acids is 1. The van der Waals surface area contributed by atoms with Gasteiger partial charge in [0.15, 0.2) is 5.75 Å². The van der Waals surface area contributed by atoms with Crippen molar-refractivity contribution in [1.29, 1.82) is 0 Å². The van der Waals surface area contributed by atoms with Crippen molar-refractivity contribution in [2.24, 2.45) is 0 Å². The van der Waals surface area contributed by atoms with Gasteiger partial charge in [0.25, 0.3) is 0 Å². The summed E-state index contributed by atoms with van der Waals surface area (Å²) in [7, 11) is 1.41. The van der Waals surface area contributed by atoms with E-state index >= 15 is 0 Å². The van der Waals surface area contributed by atoms with Gasteiger partial charge >= 0.3 is 12.1 Å². The van der Waals surface area contributed by atoms with Crippen molar-refractivity contribution < 1.29 is 28.9 Å². The molecular weight excluding hydrogens is 560 g/mol. The van der Waals surface area contributed by atoms with Gasteiger partial charge in [0, 0.05) is 23.0 Å². The number of benzene rings is 4. The van der Waals surface area contributed by atoms with Crippen LogP contribution >= 0.6 is 0 Å². The van der Waals surface area contributed by atoms with E-state index in [4.69, 9.17) is 14.2 Å². The zero-order valence-corrected chi connectivity index (χ0v) is 24.7. The standard InChI is InChI=1S/C34H32N4O6/c1-34(2,3)21-18-27(31(42-4)28(19-21)38-33(40)41)37-32(39)36-26-14-15-29(25-13-9-8-12-24(25)26)43-23-16-17-35-30(20-23)44-22-10-6-5-7-11-22/h5-20,38H,1-4H3,(H,40,41)(H2,36,37,39). The summed E-state index contributed by atoms with van der Waals surface area (Å²) in [5.41, 5.74) is 1.56. The summed E-state index contributed by atoms with van der Waals surface area (Å²) in [6.07, 6.45) is 0.362. The van der Waals surface area contributed by atoms with Gasteiger partial charge in [-0.1, -0.05) is 63.2 Å². The van der Waals surface area contributed by atoms with Crippen LogP contribution in [0.4, 0.5) is 26.7 Å². The van der Waals surface area contributed by atoms with E-state index < -0.39 is 12.1 Å². The molecule has 5 aromatic rings. The maximum atomic E-state index is 13.3. The Morgan fingerprint density at radius 3 is 2.07 bits per heavy atom. The highest BCUT2D eigenvalue weighted by Gasteiger charge is 2.22. The number of aromatic nitrogens is 1. The number of fused-ring (bicyclic) bond motifs is 1. The highest BCUT2D eigenvalue weighted by molar-refractivity contribution is 6.08. The highest BCUT2D eigenvalue weighted by Crippen LogP contribution is 2.39. The average molecular weight is 593 g/mol. The lowest BCUT2D eigenvalue weighted by Crippen LogP contribution is -2.22. The molecule has 0 saturated carbocycles. The Morgan fingerprint density at radius 1 is 0.727 bits per heavy atom. The molecule has 10 nitrogen and oxygen atoms in total. The molecule has 4 N–H and O–H groups in total. The number of hydrogen-bond donors (Lipinski definition) is 4. The van der Waals surface area contributed by atoms with Crippen molar-refractivity contribution in [1.82, 2.24) is 4.98 Å². The van der Waals surface area contributed by atoms with Gasteiger partial charge in [0.05, 0.1) is 24.2 Å². The number of nitrogens with zero attached hydrogens (tertiary/aromatic N) is 1. The molecule has 1 aromatic heterocycles.